The van der Waals surface area contributed by atoms with Gasteiger partial charge >= 0.3 is 0 Å². The summed E-state index contributed by atoms with van der Waals surface area (Å²) in [5.41, 5.74) is 5.54. The summed E-state index contributed by atoms with van der Waals surface area (Å²) in [4.78, 5) is 0. The first kappa shape index (κ1) is 17.7. The van der Waals surface area contributed by atoms with Crippen LogP contribution in [0.15, 0.2) is 24.3 Å². The smallest absolute Gasteiger partial charge is 0.0917 e. The third kappa shape index (κ3) is 4.01. The Morgan fingerprint density at radius 1 is 1.17 bits per heavy atom. The average Bonchev–Trinajstić information content (AvgIpc) is 2.75. The van der Waals surface area contributed by atoms with Crippen molar-refractivity contribution in [3.05, 3.63) is 52.3 Å². The minimum atomic E-state index is -0.491. The number of aliphatic hydroxyl groups is 1. The SMILES string of the molecule is Cc1ccccc1C(O)CNCc1c(C)nn(C(C)(C)C)c1C. The van der Waals surface area contributed by atoms with E-state index in [0.717, 1.165) is 23.4 Å². The van der Waals surface area contributed by atoms with Gasteiger partial charge in [0.15, 0.2) is 0 Å². The van der Waals surface area contributed by atoms with E-state index >= 15 is 0 Å². The van der Waals surface area contributed by atoms with Gasteiger partial charge in [-0.05, 0) is 52.7 Å². The zero-order valence-corrected chi connectivity index (χ0v) is 15.1. The van der Waals surface area contributed by atoms with Crippen LogP contribution in [0.4, 0.5) is 0 Å². The van der Waals surface area contributed by atoms with Crippen LogP contribution in [0.1, 0.15) is 55.0 Å². The van der Waals surface area contributed by atoms with Crippen LogP contribution in [0.3, 0.4) is 0 Å². The fourth-order valence-corrected chi connectivity index (χ4v) is 2.99. The molecule has 0 amide bonds. The third-order valence-corrected chi connectivity index (χ3v) is 4.26. The molecular weight excluding hydrogens is 286 g/mol. The lowest BCUT2D eigenvalue weighted by Gasteiger charge is -2.21. The molecule has 0 saturated carbocycles. The Labute approximate surface area is 139 Å². The summed E-state index contributed by atoms with van der Waals surface area (Å²) >= 11 is 0. The number of hydrogen-bond donors (Lipinski definition) is 2. The minimum Gasteiger partial charge on any atom is -0.387 e. The number of nitrogens with zero attached hydrogens (tertiary/aromatic N) is 2. The summed E-state index contributed by atoms with van der Waals surface area (Å²) in [6.07, 6.45) is -0.491. The zero-order chi connectivity index (χ0) is 17.2. The van der Waals surface area contributed by atoms with Crippen molar-refractivity contribution in [2.75, 3.05) is 6.54 Å². The van der Waals surface area contributed by atoms with Crippen molar-refractivity contribution in [2.24, 2.45) is 0 Å². The molecule has 1 unspecified atom stereocenters. The van der Waals surface area contributed by atoms with Crippen LogP contribution < -0.4 is 5.32 Å². The van der Waals surface area contributed by atoms with Gasteiger partial charge in [-0.25, -0.2) is 0 Å². The van der Waals surface area contributed by atoms with E-state index in [9.17, 15) is 5.11 Å². The molecule has 4 nitrogen and oxygen atoms in total. The largest absolute Gasteiger partial charge is 0.387 e. The highest BCUT2D eigenvalue weighted by molar-refractivity contribution is 5.28. The third-order valence-electron chi connectivity index (χ3n) is 4.26. The van der Waals surface area contributed by atoms with E-state index in [0.29, 0.717) is 6.54 Å². The minimum absolute atomic E-state index is 0.0201. The molecule has 0 spiro atoms. The number of hydrogen-bond acceptors (Lipinski definition) is 3. The summed E-state index contributed by atoms with van der Waals surface area (Å²) in [7, 11) is 0. The first-order chi connectivity index (χ1) is 10.7. The summed E-state index contributed by atoms with van der Waals surface area (Å²) in [5.74, 6) is 0. The lowest BCUT2D eigenvalue weighted by molar-refractivity contribution is 0.173. The summed E-state index contributed by atoms with van der Waals surface area (Å²) < 4.78 is 2.08. The first-order valence-electron chi connectivity index (χ1n) is 8.21. The average molecular weight is 315 g/mol. The van der Waals surface area contributed by atoms with Gasteiger partial charge in [-0.2, -0.15) is 5.10 Å². The van der Waals surface area contributed by atoms with Gasteiger partial charge in [0.25, 0.3) is 0 Å². The van der Waals surface area contributed by atoms with Crippen LogP contribution in [-0.2, 0) is 12.1 Å². The Morgan fingerprint density at radius 3 is 2.39 bits per heavy atom. The Bertz CT molecular complexity index is 668. The molecule has 1 aromatic heterocycles. The topological polar surface area (TPSA) is 50.1 Å². The van der Waals surface area contributed by atoms with Gasteiger partial charge in [0, 0.05) is 24.3 Å². The van der Waals surface area contributed by atoms with E-state index in [1.807, 2.05) is 38.1 Å². The summed E-state index contributed by atoms with van der Waals surface area (Å²) in [5, 5.41) is 18.4. The molecule has 0 saturated heterocycles. The highest BCUT2D eigenvalue weighted by atomic mass is 16.3. The Morgan fingerprint density at radius 2 is 1.83 bits per heavy atom. The van der Waals surface area contributed by atoms with E-state index in [1.54, 1.807) is 0 Å². The van der Waals surface area contributed by atoms with Crippen molar-refractivity contribution in [3.8, 4) is 0 Å². The van der Waals surface area contributed by atoms with Crippen LogP contribution in [0, 0.1) is 20.8 Å². The van der Waals surface area contributed by atoms with Gasteiger partial charge in [0.1, 0.15) is 0 Å². The molecule has 0 bridgehead atoms. The quantitative estimate of drug-likeness (QED) is 0.889. The molecule has 2 aromatic rings. The van der Waals surface area contributed by atoms with Gasteiger partial charge in [-0.3, -0.25) is 4.68 Å². The van der Waals surface area contributed by atoms with Gasteiger partial charge in [-0.15, -0.1) is 0 Å². The number of nitrogens with one attached hydrogen (secondary N) is 1. The lowest BCUT2D eigenvalue weighted by Crippen LogP contribution is -2.25. The van der Waals surface area contributed by atoms with Crippen LogP contribution in [-0.4, -0.2) is 21.4 Å². The van der Waals surface area contributed by atoms with E-state index in [-0.39, 0.29) is 5.54 Å². The van der Waals surface area contributed by atoms with E-state index in [2.05, 4.69) is 42.8 Å². The standard InChI is InChI=1S/C19H29N3O/c1-13-9-7-8-10-16(13)18(23)12-20-11-17-14(2)21-22(15(17)3)19(4,5)6/h7-10,18,20,23H,11-12H2,1-6H3. The van der Waals surface area contributed by atoms with Crippen molar-refractivity contribution in [2.45, 2.75) is 59.7 Å². The second-order valence-electron chi connectivity index (χ2n) is 7.24. The first-order valence-corrected chi connectivity index (χ1v) is 8.21. The maximum absolute atomic E-state index is 10.4. The van der Waals surface area contributed by atoms with Crippen molar-refractivity contribution in [1.29, 1.82) is 0 Å². The van der Waals surface area contributed by atoms with Gasteiger partial charge in [0.2, 0.25) is 0 Å². The number of rotatable bonds is 5. The van der Waals surface area contributed by atoms with Crippen LogP contribution in [0.2, 0.25) is 0 Å². The molecule has 0 fully saturated rings. The van der Waals surface area contributed by atoms with E-state index in [1.165, 1.54) is 11.3 Å². The Kier molecular flexibility index (Phi) is 5.27. The predicted octanol–water partition coefficient (Wildman–Crippen LogP) is 3.39. The van der Waals surface area contributed by atoms with Gasteiger partial charge < -0.3 is 10.4 Å². The second kappa shape index (κ2) is 6.85. The lowest BCUT2D eigenvalue weighted by atomic mass is 10.0. The van der Waals surface area contributed by atoms with Crippen molar-refractivity contribution in [3.63, 3.8) is 0 Å². The maximum atomic E-state index is 10.4. The molecule has 0 aliphatic heterocycles. The number of aryl methyl sites for hydroxylation is 2. The second-order valence-corrected chi connectivity index (χ2v) is 7.24. The molecule has 0 radical (unpaired) electrons. The monoisotopic (exact) mass is 315 g/mol. The van der Waals surface area contributed by atoms with Gasteiger partial charge in [-0.1, -0.05) is 24.3 Å². The number of aromatic nitrogens is 2. The van der Waals surface area contributed by atoms with Crippen LogP contribution >= 0.6 is 0 Å². The molecule has 2 rings (SSSR count). The summed E-state index contributed by atoms with van der Waals surface area (Å²) in [6, 6.07) is 7.97. The molecule has 2 N–H and O–H groups in total. The molecule has 1 heterocycles. The molecule has 4 heteroatoms. The van der Waals surface area contributed by atoms with E-state index < -0.39 is 6.10 Å². The Hall–Kier alpha value is -1.65. The molecular formula is C19H29N3O. The summed E-state index contributed by atoms with van der Waals surface area (Å²) in [6.45, 7) is 13.9. The Balaban J connectivity index is 2.02. The van der Waals surface area contributed by atoms with Crippen molar-refractivity contribution < 1.29 is 5.11 Å². The number of aliphatic hydroxyl groups excluding tert-OH is 1. The van der Waals surface area contributed by atoms with Crippen molar-refractivity contribution in [1.82, 2.24) is 15.1 Å². The van der Waals surface area contributed by atoms with Gasteiger partial charge in [0.05, 0.1) is 17.3 Å². The molecule has 1 aromatic carbocycles. The van der Waals surface area contributed by atoms with Crippen LogP contribution in [0.5, 0.6) is 0 Å². The molecule has 0 aliphatic carbocycles. The highest BCUT2D eigenvalue weighted by Crippen LogP contribution is 2.21. The van der Waals surface area contributed by atoms with E-state index in [4.69, 9.17) is 0 Å². The fraction of sp³-hybridized carbons (Fsp3) is 0.526. The molecule has 126 valence electrons. The highest BCUT2D eigenvalue weighted by Gasteiger charge is 2.20. The molecule has 23 heavy (non-hydrogen) atoms. The predicted molar refractivity (Wildman–Crippen MR) is 94.5 cm³/mol. The zero-order valence-electron chi connectivity index (χ0n) is 15.1. The number of benzene rings is 1. The molecule has 0 aliphatic rings. The fourth-order valence-electron chi connectivity index (χ4n) is 2.99. The maximum Gasteiger partial charge on any atom is 0.0917 e. The van der Waals surface area contributed by atoms with Crippen LogP contribution in [0.25, 0.3) is 0 Å². The molecule has 1 atom stereocenters. The van der Waals surface area contributed by atoms with Crippen molar-refractivity contribution >= 4 is 0 Å². The normalized spacial score (nSPS) is 13.3.